The molecule has 7 nitrogen and oxygen atoms in total. The van der Waals surface area contributed by atoms with Gasteiger partial charge in [0, 0.05) is 31.1 Å². The Morgan fingerprint density at radius 1 is 1.22 bits per heavy atom. The first kappa shape index (κ1) is 27.3. The Labute approximate surface area is 202 Å². The number of aryl methyl sites for hydroxylation is 1. The van der Waals surface area contributed by atoms with Gasteiger partial charge in [-0.25, -0.2) is 12.8 Å². The van der Waals surface area contributed by atoms with E-state index >= 15 is 0 Å². The largest absolute Gasteiger partial charge is 0.430 e. The predicted molar refractivity (Wildman–Crippen MR) is 117 cm³/mol. The second-order valence-electron chi connectivity index (χ2n) is 7.96. The van der Waals surface area contributed by atoms with E-state index in [0.29, 0.717) is 20.3 Å². The summed E-state index contributed by atoms with van der Waals surface area (Å²) in [5.74, 6) is -1.86. The average molecular weight is 534 g/mol. The van der Waals surface area contributed by atoms with Crippen molar-refractivity contribution in [2.75, 3.05) is 0 Å². The maximum absolute atomic E-state index is 14.5. The normalized spacial score (nSPS) is 13.6. The second-order valence-corrected chi connectivity index (χ2v) is 9.67. The molecule has 0 unspecified atom stereocenters. The third kappa shape index (κ3) is 5.57. The van der Waals surface area contributed by atoms with Crippen LogP contribution in [0.5, 0.6) is 5.75 Å². The van der Waals surface area contributed by atoms with Crippen LogP contribution in [-0.4, -0.2) is 36.3 Å². The van der Waals surface area contributed by atoms with Gasteiger partial charge in [-0.15, -0.1) is 0 Å². The van der Waals surface area contributed by atoms with Crippen LogP contribution in [-0.2, 0) is 16.6 Å². The highest BCUT2D eigenvalue weighted by Gasteiger charge is 2.39. The summed E-state index contributed by atoms with van der Waals surface area (Å²) in [7, 11) is -4.57. The molecule has 0 aliphatic heterocycles. The number of benzene rings is 1. The smallest absolute Gasteiger partial charge is 0.404 e. The van der Waals surface area contributed by atoms with Crippen molar-refractivity contribution in [1.82, 2.24) is 14.3 Å². The van der Waals surface area contributed by atoms with Crippen LogP contribution in [0.3, 0.4) is 0 Å². The van der Waals surface area contributed by atoms with Gasteiger partial charge < -0.3 is 9.30 Å². The van der Waals surface area contributed by atoms with Crippen LogP contribution in [0.4, 0.5) is 26.3 Å². The molecule has 194 valence electrons. The molecule has 2 heterocycles. The van der Waals surface area contributed by atoms with E-state index < -0.39 is 44.8 Å². The molecule has 0 amide bonds. The Morgan fingerprint density at radius 3 is 2.39 bits per heavy atom. The van der Waals surface area contributed by atoms with E-state index in [-0.39, 0.29) is 34.4 Å². The summed E-state index contributed by atoms with van der Waals surface area (Å²) < 4.78 is 112. The fourth-order valence-corrected chi connectivity index (χ4v) is 4.68. The summed E-state index contributed by atoms with van der Waals surface area (Å²) in [5.41, 5.74) is 0.347. The van der Waals surface area contributed by atoms with Crippen molar-refractivity contribution in [3.8, 4) is 23.2 Å². The Bertz CT molecular complexity index is 1420. The number of sulfonamides is 1. The zero-order chi connectivity index (χ0) is 27.1. The first-order chi connectivity index (χ1) is 16.6. The Balaban J connectivity index is 2.15. The lowest BCUT2D eigenvalue weighted by Gasteiger charge is -2.17. The minimum Gasteiger partial charge on any atom is -0.430 e. The Kier molecular flexibility index (Phi) is 7.29. The molecule has 0 saturated carbocycles. The van der Waals surface area contributed by atoms with Gasteiger partial charge in [-0.1, -0.05) is 6.92 Å². The van der Waals surface area contributed by atoms with Crippen LogP contribution in [0.25, 0.3) is 22.3 Å². The molecule has 0 saturated heterocycles. The molecule has 1 N–H and O–H groups in total. The van der Waals surface area contributed by atoms with Crippen molar-refractivity contribution in [2.24, 2.45) is 0 Å². The first-order valence-corrected chi connectivity index (χ1v) is 12.0. The summed E-state index contributed by atoms with van der Waals surface area (Å²) >= 11 is 0. The lowest BCUT2D eigenvalue weighted by Crippen LogP contribution is -2.42. The SMILES string of the molecule is CCCn1c(-c2ccc(S(=O)(=O)N[C@@H](C)C(F)(F)F)cn2)c(C#N)c2cc(F)c(OC(C)(F)F)cc21. The number of nitrogens with zero attached hydrogens (tertiary/aromatic N) is 3. The van der Waals surface area contributed by atoms with Gasteiger partial charge in [-0.2, -0.15) is 31.9 Å². The number of rotatable bonds is 8. The molecule has 3 rings (SSSR count). The van der Waals surface area contributed by atoms with E-state index in [9.17, 15) is 40.0 Å². The van der Waals surface area contributed by atoms with Crippen molar-refractivity contribution in [2.45, 2.75) is 57.0 Å². The molecule has 0 aliphatic carbocycles. The monoisotopic (exact) mass is 534 g/mol. The number of ether oxygens (including phenoxy) is 1. The summed E-state index contributed by atoms with van der Waals surface area (Å²) in [6.07, 6.45) is -7.14. The summed E-state index contributed by atoms with van der Waals surface area (Å²) in [5, 5.41) is 9.88. The van der Waals surface area contributed by atoms with Crippen molar-refractivity contribution in [3.63, 3.8) is 0 Å². The Hall–Kier alpha value is -3.31. The van der Waals surface area contributed by atoms with Crippen LogP contribution in [0.15, 0.2) is 35.4 Å². The molecule has 0 aliphatic rings. The van der Waals surface area contributed by atoms with E-state index in [1.165, 1.54) is 15.4 Å². The minimum atomic E-state index is -4.80. The van der Waals surface area contributed by atoms with E-state index in [1.54, 1.807) is 6.92 Å². The number of halogens is 6. The standard InChI is InChI=1S/C22H20F6N4O3S/c1-4-7-32-18-9-19(35-21(3,24)25)16(23)8-14(18)15(10-29)20(32)17-6-5-13(11-30-17)36(33,34)31-12(2)22(26,27)28/h5-6,8-9,11-12,31H,4,7H2,1-3H3/t12-/m0/s1. The number of alkyl halides is 5. The molecule has 1 aromatic carbocycles. The van der Waals surface area contributed by atoms with Gasteiger partial charge in [-0.3, -0.25) is 4.98 Å². The molecule has 0 fully saturated rings. The number of aromatic nitrogens is 2. The molecule has 0 bridgehead atoms. The van der Waals surface area contributed by atoms with Crippen LogP contribution in [0.2, 0.25) is 0 Å². The number of hydrogen-bond acceptors (Lipinski definition) is 5. The van der Waals surface area contributed by atoms with Crippen molar-refractivity contribution in [3.05, 3.63) is 41.8 Å². The molecule has 2 aromatic heterocycles. The quantitative estimate of drug-likeness (QED) is 0.394. The highest BCUT2D eigenvalue weighted by molar-refractivity contribution is 7.89. The fourth-order valence-electron chi connectivity index (χ4n) is 3.50. The van der Waals surface area contributed by atoms with E-state index in [2.05, 4.69) is 9.72 Å². The fraction of sp³-hybridized carbons (Fsp3) is 0.364. The highest BCUT2D eigenvalue weighted by Crippen LogP contribution is 2.37. The first-order valence-electron chi connectivity index (χ1n) is 10.5. The van der Waals surface area contributed by atoms with Gasteiger partial charge in [0.05, 0.1) is 22.5 Å². The summed E-state index contributed by atoms with van der Waals surface area (Å²) in [6.45, 7) is 3.12. The van der Waals surface area contributed by atoms with E-state index in [4.69, 9.17) is 0 Å². The molecule has 3 aromatic rings. The maximum atomic E-state index is 14.5. The number of fused-ring (bicyclic) bond motifs is 1. The van der Waals surface area contributed by atoms with Crippen LogP contribution in [0, 0.1) is 17.1 Å². The molecule has 14 heteroatoms. The lowest BCUT2D eigenvalue weighted by molar-refractivity contribution is -0.160. The van der Waals surface area contributed by atoms with Crippen LogP contribution >= 0.6 is 0 Å². The average Bonchev–Trinajstić information content (AvgIpc) is 3.04. The van der Waals surface area contributed by atoms with Gasteiger partial charge in [0.15, 0.2) is 11.6 Å². The molecule has 0 radical (unpaired) electrons. The molecule has 0 spiro atoms. The van der Waals surface area contributed by atoms with Crippen LogP contribution < -0.4 is 9.46 Å². The van der Waals surface area contributed by atoms with Crippen LogP contribution in [0.1, 0.15) is 32.8 Å². The molecule has 1 atom stereocenters. The lowest BCUT2D eigenvalue weighted by atomic mass is 10.1. The zero-order valence-corrected chi connectivity index (χ0v) is 19.9. The predicted octanol–water partition coefficient (Wildman–Crippen LogP) is 5.34. The molecular formula is C22H20F6N4O3S. The minimum absolute atomic E-state index is 0.0564. The number of nitrogens with one attached hydrogen (secondary N) is 1. The van der Waals surface area contributed by atoms with Gasteiger partial charge in [0.1, 0.15) is 17.0 Å². The summed E-state index contributed by atoms with van der Waals surface area (Å²) in [4.78, 5) is 3.47. The van der Waals surface area contributed by atoms with Gasteiger partial charge in [0.2, 0.25) is 10.0 Å². The second kappa shape index (κ2) is 9.62. The van der Waals surface area contributed by atoms with Gasteiger partial charge in [0.25, 0.3) is 0 Å². The van der Waals surface area contributed by atoms with E-state index in [0.717, 1.165) is 24.4 Å². The number of pyridine rings is 1. The van der Waals surface area contributed by atoms with Crippen molar-refractivity contribution < 1.29 is 39.5 Å². The topological polar surface area (TPSA) is 97.0 Å². The van der Waals surface area contributed by atoms with Gasteiger partial charge >= 0.3 is 12.3 Å². The molecular weight excluding hydrogens is 514 g/mol. The third-order valence-corrected chi connectivity index (χ3v) is 6.60. The van der Waals surface area contributed by atoms with Gasteiger partial charge in [-0.05, 0) is 31.5 Å². The molecule has 36 heavy (non-hydrogen) atoms. The van der Waals surface area contributed by atoms with E-state index in [1.807, 2.05) is 6.07 Å². The summed E-state index contributed by atoms with van der Waals surface area (Å²) in [6, 6.07) is 3.68. The zero-order valence-electron chi connectivity index (χ0n) is 19.1. The highest BCUT2D eigenvalue weighted by atomic mass is 32.2. The number of nitriles is 1. The third-order valence-electron chi connectivity index (χ3n) is 5.08. The Morgan fingerprint density at radius 2 is 1.89 bits per heavy atom. The number of hydrogen-bond donors (Lipinski definition) is 1. The van der Waals surface area contributed by atoms with Crippen molar-refractivity contribution in [1.29, 1.82) is 5.26 Å². The maximum Gasteiger partial charge on any atom is 0.404 e. The van der Waals surface area contributed by atoms with Crippen molar-refractivity contribution >= 4 is 20.9 Å².